The highest BCUT2D eigenvalue weighted by atomic mass is 16.3. The van der Waals surface area contributed by atoms with Gasteiger partial charge in [-0.25, -0.2) is 0 Å². The van der Waals surface area contributed by atoms with Gasteiger partial charge in [-0.05, 0) is 112 Å². The third-order valence-electron chi connectivity index (χ3n) is 9.20. The molecular weight excluding hydrogens is 308 g/mol. The molecule has 4 fully saturated rings. The topological polar surface area (TPSA) is 40.5 Å². The van der Waals surface area contributed by atoms with Crippen LogP contribution < -0.4 is 0 Å². The molecule has 0 bridgehead atoms. The fourth-order valence-electron chi connectivity index (χ4n) is 7.92. The highest BCUT2D eigenvalue weighted by Gasteiger charge is 2.57. The number of rotatable bonds is 6. The molecule has 0 aromatic carbocycles. The molecule has 0 aromatic rings. The minimum Gasteiger partial charge on any atom is -0.396 e. The summed E-state index contributed by atoms with van der Waals surface area (Å²) in [6, 6.07) is 0. The Hall–Kier alpha value is -0.0800. The molecule has 2 unspecified atom stereocenters. The van der Waals surface area contributed by atoms with Crippen molar-refractivity contribution < 1.29 is 10.2 Å². The summed E-state index contributed by atoms with van der Waals surface area (Å²) in [6.45, 7) is 4.91. The van der Waals surface area contributed by atoms with Crippen LogP contribution >= 0.6 is 0 Å². The zero-order valence-electron chi connectivity index (χ0n) is 16.5. The molecule has 0 heterocycles. The summed E-state index contributed by atoms with van der Waals surface area (Å²) < 4.78 is 0. The monoisotopic (exact) mass is 348 g/mol. The van der Waals surface area contributed by atoms with Crippen molar-refractivity contribution in [3.8, 4) is 0 Å². The summed E-state index contributed by atoms with van der Waals surface area (Å²) >= 11 is 0. The minimum absolute atomic E-state index is 0.136. The number of aliphatic hydroxyl groups excluding tert-OH is 2. The first-order valence-electron chi connectivity index (χ1n) is 11.3. The summed E-state index contributed by atoms with van der Waals surface area (Å²) in [7, 11) is 0. The highest BCUT2D eigenvalue weighted by Crippen LogP contribution is 2.64. The zero-order chi connectivity index (χ0) is 17.6. The highest BCUT2D eigenvalue weighted by molar-refractivity contribution is 5.06. The van der Waals surface area contributed by atoms with Crippen LogP contribution in [0.5, 0.6) is 0 Å². The van der Waals surface area contributed by atoms with Crippen molar-refractivity contribution >= 4 is 0 Å². The van der Waals surface area contributed by atoms with E-state index >= 15 is 0 Å². The minimum atomic E-state index is -0.136. The average Bonchev–Trinajstić information content (AvgIpc) is 3.32. The van der Waals surface area contributed by atoms with Crippen LogP contribution in [0.4, 0.5) is 0 Å². The van der Waals surface area contributed by atoms with E-state index in [0.29, 0.717) is 17.9 Å². The van der Waals surface area contributed by atoms with Gasteiger partial charge in [0.2, 0.25) is 0 Å². The van der Waals surface area contributed by atoms with Crippen molar-refractivity contribution in [1.29, 1.82) is 0 Å². The van der Waals surface area contributed by atoms with Crippen molar-refractivity contribution in [2.45, 2.75) is 90.6 Å². The Labute approximate surface area is 154 Å². The number of hydrogen-bond acceptors (Lipinski definition) is 2. The molecule has 0 aromatic heterocycles. The molecule has 144 valence electrons. The van der Waals surface area contributed by atoms with Gasteiger partial charge in [-0.2, -0.15) is 0 Å². The predicted octanol–water partition coefficient (Wildman–Crippen LogP) is 5.02. The van der Waals surface area contributed by atoms with E-state index in [1.54, 1.807) is 0 Å². The van der Waals surface area contributed by atoms with Gasteiger partial charge in [0.1, 0.15) is 0 Å². The van der Waals surface area contributed by atoms with Gasteiger partial charge in [-0.3, -0.25) is 0 Å². The zero-order valence-corrected chi connectivity index (χ0v) is 16.5. The van der Waals surface area contributed by atoms with E-state index in [0.717, 1.165) is 41.9 Å². The molecule has 0 amide bonds. The summed E-state index contributed by atoms with van der Waals surface area (Å²) in [5.74, 6) is 6.05. The molecule has 0 aliphatic heterocycles. The Morgan fingerprint density at radius 1 is 1.00 bits per heavy atom. The van der Waals surface area contributed by atoms with Gasteiger partial charge in [0.25, 0.3) is 0 Å². The van der Waals surface area contributed by atoms with Crippen molar-refractivity contribution in [3.05, 3.63) is 0 Å². The third kappa shape index (κ3) is 3.31. The fraction of sp³-hybridized carbons (Fsp3) is 1.00. The van der Waals surface area contributed by atoms with E-state index in [2.05, 4.69) is 6.92 Å². The largest absolute Gasteiger partial charge is 0.396 e. The quantitative estimate of drug-likeness (QED) is 0.707. The van der Waals surface area contributed by atoms with Gasteiger partial charge in [0.05, 0.1) is 6.10 Å². The fourth-order valence-corrected chi connectivity index (χ4v) is 7.92. The van der Waals surface area contributed by atoms with Gasteiger partial charge < -0.3 is 10.2 Å². The number of aliphatic hydroxyl groups is 2. The molecular formula is C23H40O2. The van der Waals surface area contributed by atoms with E-state index in [9.17, 15) is 10.2 Å². The first-order valence-corrected chi connectivity index (χ1v) is 11.3. The van der Waals surface area contributed by atoms with Crippen LogP contribution in [-0.2, 0) is 0 Å². The summed E-state index contributed by atoms with van der Waals surface area (Å²) in [4.78, 5) is 0. The van der Waals surface area contributed by atoms with E-state index in [1.165, 1.54) is 64.2 Å². The smallest absolute Gasteiger partial charge is 0.0545 e. The van der Waals surface area contributed by atoms with Crippen LogP contribution in [0, 0.1) is 46.8 Å². The lowest BCUT2D eigenvalue weighted by Gasteiger charge is -2.55. The average molecular weight is 349 g/mol. The molecule has 2 heteroatoms. The molecule has 2 nitrogen and oxygen atoms in total. The van der Waals surface area contributed by atoms with E-state index in [1.807, 2.05) is 6.92 Å². The number of fused-ring (bicyclic) bond motifs is 3. The molecule has 0 spiro atoms. The molecule has 4 saturated carbocycles. The van der Waals surface area contributed by atoms with Crippen molar-refractivity contribution in [2.24, 2.45) is 46.8 Å². The Kier molecular flexibility index (Phi) is 5.23. The Morgan fingerprint density at radius 3 is 2.48 bits per heavy atom. The van der Waals surface area contributed by atoms with Crippen LogP contribution in [0.15, 0.2) is 0 Å². The van der Waals surface area contributed by atoms with Gasteiger partial charge >= 0.3 is 0 Å². The lowest BCUT2D eigenvalue weighted by molar-refractivity contribution is -0.0739. The van der Waals surface area contributed by atoms with E-state index in [4.69, 9.17) is 0 Å². The molecule has 0 saturated heterocycles. The van der Waals surface area contributed by atoms with Crippen LogP contribution in [-0.4, -0.2) is 22.9 Å². The second-order valence-electron chi connectivity index (χ2n) is 10.4. The van der Waals surface area contributed by atoms with Crippen LogP contribution in [0.3, 0.4) is 0 Å². The molecule has 4 aliphatic rings. The number of hydrogen-bond donors (Lipinski definition) is 2. The first-order chi connectivity index (χ1) is 12.0. The summed E-state index contributed by atoms with van der Waals surface area (Å²) in [5, 5.41) is 19.8. The molecule has 25 heavy (non-hydrogen) atoms. The van der Waals surface area contributed by atoms with E-state index in [-0.39, 0.29) is 6.10 Å². The van der Waals surface area contributed by atoms with Crippen molar-refractivity contribution in [3.63, 3.8) is 0 Å². The normalized spacial score (nSPS) is 48.0. The van der Waals surface area contributed by atoms with Crippen LogP contribution in [0.25, 0.3) is 0 Å². The summed E-state index contributed by atoms with van der Waals surface area (Å²) in [5.41, 5.74) is 0.389. The second kappa shape index (κ2) is 7.15. The molecule has 2 N–H and O–H groups in total. The second-order valence-corrected chi connectivity index (χ2v) is 10.4. The molecule has 4 aliphatic carbocycles. The lowest BCUT2D eigenvalue weighted by atomic mass is 9.50. The molecule has 0 radical (unpaired) electrons. The van der Waals surface area contributed by atoms with Gasteiger partial charge in [-0.1, -0.05) is 19.8 Å². The maximum atomic E-state index is 10.3. The van der Waals surface area contributed by atoms with Gasteiger partial charge in [-0.15, -0.1) is 0 Å². The lowest BCUT2D eigenvalue weighted by Crippen LogP contribution is -2.48. The Morgan fingerprint density at radius 2 is 1.80 bits per heavy atom. The molecule has 4 rings (SSSR count). The maximum Gasteiger partial charge on any atom is 0.0545 e. The third-order valence-corrected chi connectivity index (χ3v) is 9.20. The van der Waals surface area contributed by atoms with Crippen LogP contribution in [0.2, 0.25) is 0 Å². The Balaban J connectivity index is 1.51. The van der Waals surface area contributed by atoms with Crippen molar-refractivity contribution in [2.75, 3.05) is 6.61 Å². The predicted molar refractivity (Wildman–Crippen MR) is 102 cm³/mol. The van der Waals surface area contributed by atoms with Gasteiger partial charge in [0.15, 0.2) is 0 Å². The standard InChI is InChI=1S/C23H40O2/c1-15(25)21-9-10-22-20-8-7-17(14-16-5-6-16)18(4-3-13-24)19(20)11-12-23(21,22)2/h15-22,24-25H,3-14H2,1-2H3/t15?,17-,18+,19-,20-,21?,22+,23-/m1/s1. The van der Waals surface area contributed by atoms with E-state index < -0.39 is 0 Å². The maximum absolute atomic E-state index is 10.3. The Bertz CT molecular complexity index is 457. The van der Waals surface area contributed by atoms with Gasteiger partial charge in [0, 0.05) is 6.61 Å². The van der Waals surface area contributed by atoms with Crippen molar-refractivity contribution in [1.82, 2.24) is 0 Å². The summed E-state index contributed by atoms with van der Waals surface area (Å²) in [6.07, 6.45) is 14.8. The SMILES string of the molecule is CC(O)C1CC[C@H]2[C@@H]3CC[C@H](CC4CC4)[C@H](CCCO)[C@H]3CC[C@]12C. The molecule has 8 atom stereocenters. The van der Waals surface area contributed by atoms with Crippen LogP contribution in [0.1, 0.15) is 84.5 Å². The first kappa shape index (κ1) is 18.3.